The van der Waals surface area contributed by atoms with Crippen molar-refractivity contribution in [3.05, 3.63) is 0 Å². The van der Waals surface area contributed by atoms with Crippen molar-refractivity contribution < 1.29 is 34.1 Å². The highest BCUT2D eigenvalue weighted by atomic mass is 16.7. The average molecular weight is 346 g/mol. The van der Waals surface area contributed by atoms with Gasteiger partial charge < -0.3 is 19.7 Å². The van der Waals surface area contributed by atoms with E-state index < -0.39 is 41.1 Å². The lowest BCUT2D eigenvalue weighted by atomic mass is 9.79. The Hall–Kier alpha value is -1.79. The molecule has 7 heteroatoms. The molecule has 0 aromatic heterocycles. The van der Waals surface area contributed by atoms with Crippen LogP contribution in [-0.2, 0) is 19.1 Å². The van der Waals surface area contributed by atoms with Crippen LogP contribution in [0.15, 0.2) is 0 Å². The molecule has 7 nitrogen and oxygen atoms in total. The summed E-state index contributed by atoms with van der Waals surface area (Å²) in [4.78, 5) is 32.2. The normalized spacial score (nSPS) is 21.1. The fourth-order valence-corrected chi connectivity index (χ4v) is 2.24. The predicted octanol–water partition coefficient (Wildman–Crippen LogP) is 3.70. The first-order valence-electron chi connectivity index (χ1n) is 8.10. The fourth-order valence-electron chi connectivity index (χ4n) is 2.24. The number of rotatable bonds is 2. The Kier molecular flexibility index (Phi) is 8.23. The van der Waals surface area contributed by atoms with E-state index in [-0.39, 0.29) is 0 Å². The summed E-state index contributed by atoms with van der Waals surface area (Å²) in [5.74, 6) is -3.28. The number of carbonyl (C=O) groups excluding carboxylic acids is 1. The first-order chi connectivity index (χ1) is 10.7. The van der Waals surface area contributed by atoms with Crippen LogP contribution in [0.3, 0.4) is 0 Å². The molecule has 1 saturated carbocycles. The molecule has 0 aromatic carbocycles. The summed E-state index contributed by atoms with van der Waals surface area (Å²) in [5.41, 5.74) is -0.968. The van der Waals surface area contributed by atoms with Crippen LogP contribution in [0.5, 0.6) is 0 Å². The number of carboxylic acid groups (broad SMARTS) is 2. The van der Waals surface area contributed by atoms with Gasteiger partial charge >= 0.3 is 18.1 Å². The van der Waals surface area contributed by atoms with Crippen molar-refractivity contribution in [3.63, 3.8) is 0 Å². The molecular formula is C17H30O7. The molecular weight excluding hydrogens is 316 g/mol. The molecule has 0 spiro atoms. The zero-order valence-corrected chi connectivity index (χ0v) is 15.4. The number of ether oxygens (including phenoxy) is 2. The number of carbonyl (C=O) groups is 3. The Morgan fingerprint density at radius 2 is 1.04 bits per heavy atom. The molecule has 0 heterocycles. The molecule has 1 aliphatic carbocycles. The summed E-state index contributed by atoms with van der Waals surface area (Å²) in [6, 6.07) is 0. The Morgan fingerprint density at radius 3 is 1.25 bits per heavy atom. The second-order valence-electron chi connectivity index (χ2n) is 7.85. The topological polar surface area (TPSA) is 110 Å². The molecule has 140 valence electrons. The van der Waals surface area contributed by atoms with Gasteiger partial charge in [-0.3, -0.25) is 9.59 Å². The van der Waals surface area contributed by atoms with Crippen LogP contribution in [0.25, 0.3) is 0 Å². The summed E-state index contributed by atoms with van der Waals surface area (Å²) in [7, 11) is 0. The van der Waals surface area contributed by atoms with Crippen LogP contribution >= 0.6 is 0 Å². The van der Waals surface area contributed by atoms with E-state index in [9.17, 15) is 14.4 Å². The van der Waals surface area contributed by atoms with Crippen molar-refractivity contribution in [1.29, 1.82) is 0 Å². The predicted molar refractivity (Wildman–Crippen MR) is 87.8 cm³/mol. The third-order valence-corrected chi connectivity index (χ3v) is 3.18. The van der Waals surface area contributed by atoms with E-state index in [4.69, 9.17) is 19.7 Å². The second-order valence-corrected chi connectivity index (χ2v) is 7.85. The standard InChI is InChI=1S/C9H18O3.C8H12O4/c1-8(2,3)11-7(10)12-9(4,5)6;9-7(10)5-3-1-2-4-6(5)8(11)12/h1-6H3;5-6H,1-4H2,(H,9,10)(H,11,12). The van der Waals surface area contributed by atoms with Gasteiger partial charge in [0.25, 0.3) is 0 Å². The van der Waals surface area contributed by atoms with Crippen LogP contribution < -0.4 is 0 Å². The maximum absolute atomic E-state index is 11.0. The van der Waals surface area contributed by atoms with Gasteiger partial charge in [-0.05, 0) is 54.4 Å². The molecule has 1 aliphatic rings. The van der Waals surface area contributed by atoms with E-state index in [2.05, 4.69) is 0 Å². The van der Waals surface area contributed by atoms with Gasteiger partial charge in [-0.2, -0.15) is 0 Å². The lowest BCUT2D eigenvalue weighted by molar-refractivity contribution is -0.155. The maximum Gasteiger partial charge on any atom is 0.509 e. The lowest BCUT2D eigenvalue weighted by Crippen LogP contribution is -2.32. The molecule has 0 aliphatic heterocycles. The zero-order valence-electron chi connectivity index (χ0n) is 15.4. The Balaban J connectivity index is 0.000000441. The minimum absolute atomic E-state index is 0.484. The second kappa shape index (κ2) is 8.89. The van der Waals surface area contributed by atoms with Gasteiger partial charge in [0.05, 0.1) is 11.8 Å². The zero-order chi connectivity index (χ0) is 19.1. The van der Waals surface area contributed by atoms with Gasteiger partial charge in [-0.15, -0.1) is 0 Å². The van der Waals surface area contributed by atoms with Gasteiger partial charge in [0.1, 0.15) is 11.2 Å². The van der Waals surface area contributed by atoms with Crippen molar-refractivity contribution in [2.45, 2.75) is 78.4 Å². The molecule has 0 radical (unpaired) electrons. The summed E-state index contributed by atoms with van der Waals surface area (Å²) in [6.07, 6.45) is 2.06. The molecule has 0 bridgehead atoms. The van der Waals surface area contributed by atoms with Crippen molar-refractivity contribution >= 4 is 18.1 Å². The lowest BCUT2D eigenvalue weighted by Gasteiger charge is -2.24. The van der Waals surface area contributed by atoms with Crippen molar-refractivity contribution in [2.75, 3.05) is 0 Å². The number of aliphatic carboxylic acids is 2. The van der Waals surface area contributed by atoms with E-state index in [1.165, 1.54) is 0 Å². The van der Waals surface area contributed by atoms with E-state index in [0.717, 1.165) is 12.8 Å². The first-order valence-corrected chi connectivity index (χ1v) is 8.10. The van der Waals surface area contributed by atoms with Gasteiger partial charge in [-0.25, -0.2) is 4.79 Å². The molecule has 0 saturated heterocycles. The largest absolute Gasteiger partial charge is 0.509 e. The van der Waals surface area contributed by atoms with Crippen LogP contribution in [-0.4, -0.2) is 39.5 Å². The van der Waals surface area contributed by atoms with Gasteiger partial charge in [0.2, 0.25) is 0 Å². The first kappa shape index (κ1) is 22.2. The summed E-state index contributed by atoms with van der Waals surface area (Å²) in [6.45, 7) is 10.8. The molecule has 1 fully saturated rings. The monoisotopic (exact) mass is 346 g/mol. The number of carboxylic acids is 2. The van der Waals surface area contributed by atoms with Crippen molar-refractivity contribution in [1.82, 2.24) is 0 Å². The molecule has 2 N–H and O–H groups in total. The summed E-state index contributed by atoms with van der Waals surface area (Å²) in [5, 5.41) is 17.4. The Labute approximate surface area is 143 Å². The molecule has 0 aromatic rings. The number of hydrogen-bond donors (Lipinski definition) is 2. The molecule has 2 atom stereocenters. The Morgan fingerprint density at radius 1 is 0.750 bits per heavy atom. The van der Waals surface area contributed by atoms with Crippen LogP contribution in [0.2, 0.25) is 0 Å². The van der Waals surface area contributed by atoms with E-state index in [1.807, 2.05) is 0 Å². The summed E-state index contributed by atoms with van der Waals surface area (Å²) >= 11 is 0. The SMILES string of the molecule is CC(C)(C)OC(=O)OC(C)(C)C.O=C(O)C1CCCCC1C(=O)O. The van der Waals surface area contributed by atoms with E-state index >= 15 is 0 Å². The molecule has 2 unspecified atom stereocenters. The maximum atomic E-state index is 11.0. The minimum atomic E-state index is -0.970. The van der Waals surface area contributed by atoms with Gasteiger partial charge in [0.15, 0.2) is 0 Å². The summed E-state index contributed by atoms with van der Waals surface area (Å²) < 4.78 is 9.91. The minimum Gasteiger partial charge on any atom is -0.481 e. The van der Waals surface area contributed by atoms with Gasteiger partial charge in [-0.1, -0.05) is 12.8 Å². The average Bonchev–Trinajstić information content (AvgIpc) is 2.34. The highest BCUT2D eigenvalue weighted by Crippen LogP contribution is 2.30. The van der Waals surface area contributed by atoms with Crippen LogP contribution in [0, 0.1) is 11.8 Å². The molecule has 0 amide bonds. The number of hydrogen-bond acceptors (Lipinski definition) is 5. The third-order valence-electron chi connectivity index (χ3n) is 3.18. The highest BCUT2D eigenvalue weighted by molar-refractivity contribution is 5.80. The molecule has 24 heavy (non-hydrogen) atoms. The van der Waals surface area contributed by atoms with Gasteiger partial charge in [0, 0.05) is 0 Å². The van der Waals surface area contributed by atoms with E-state index in [0.29, 0.717) is 12.8 Å². The van der Waals surface area contributed by atoms with Crippen LogP contribution in [0.4, 0.5) is 4.79 Å². The van der Waals surface area contributed by atoms with Crippen LogP contribution in [0.1, 0.15) is 67.2 Å². The van der Waals surface area contributed by atoms with Crippen molar-refractivity contribution in [2.24, 2.45) is 11.8 Å². The van der Waals surface area contributed by atoms with E-state index in [1.54, 1.807) is 41.5 Å². The fraction of sp³-hybridized carbons (Fsp3) is 0.824. The molecule has 1 rings (SSSR count). The van der Waals surface area contributed by atoms with Crippen molar-refractivity contribution in [3.8, 4) is 0 Å². The smallest absolute Gasteiger partial charge is 0.481 e. The quantitative estimate of drug-likeness (QED) is 0.733. The Bertz CT molecular complexity index is 403. The third kappa shape index (κ3) is 10.1. The highest BCUT2D eigenvalue weighted by Gasteiger charge is 2.35.